The molecule has 0 aromatic carbocycles. The summed E-state index contributed by atoms with van der Waals surface area (Å²) >= 11 is 5.00. The first-order valence-corrected chi connectivity index (χ1v) is 8.25. The minimum Gasteiger partial charge on any atom is -0.394 e. The fraction of sp³-hybridized carbons (Fsp3) is 0.500. The molecular formula is C14H18BrNO3S. The van der Waals surface area contributed by atoms with Gasteiger partial charge in [-0.15, -0.1) is 11.3 Å². The third-order valence-electron chi connectivity index (χ3n) is 3.18. The minimum absolute atomic E-state index is 0.0510. The van der Waals surface area contributed by atoms with Crippen LogP contribution in [-0.2, 0) is 9.53 Å². The SMILES string of the molecule is O=C(/C=C/c1ccc(Br)s1)N1CCC(OCCO)CC1. The van der Waals surface area contributed by atoms with Crippen LogP contribution < -0.4 is 0 Å². The van der Waals surface area contributed by atoms with Crippen molar-refractivity contribution in [3.8, 4) is 0 Å². The molecular weight excluding hydrogens is 342 g/mol. The number of ether oxygens (including phenoxy) is 1. The third-order valence-corrected chi connectivity index (χ3v) is 4.77. The molecule has 0 aliphatic carbocycles. The molecule has 1 N–H and O–H groups in total. The molecule has 0 saturated carbocycles. The van der Waals surface area contributed by atoms with Gasteiger partial charge in [0.25, 0.3) is 0 Å². The average Bonchev–Trinajstić information content (AvgIpc) is 2.89. The van der Waals surface area contributed by atoms with Crippen LogP contribution in [0.4, 0.5) is 0 Å². The summed E-state index contributed by atoms with van der Waals surface area (Å²) < 4.78 is 6.54. The van der Waals surface area contributed by atoms with E-state index in [1.54, 1.807) is 17.4 Å². The highest BCUT2D eigenvalue weighted by Gasteiger charge is 2.21. The second-order valence-corrected chi connectivity index (χ2v) is 7.09. The Morgan fingerprint density at radius 2 is 2.25 bits per heavy atom. The van der Waals surface area contributed by atoms with E-state index in [9.17, 15) is 4.79 Å². The molecule has 0 atom stereocenters. The Morgan fingerprint density at radius 3 is 2.85 bits per heavy atom. The predicted molar refractivity (Wildman–Crippen MR) is 83.7 cm³/mol. The number of thiophene rings is 1. The van der Waals surface area contributed by atoms with Crippen molar-refractivity contribution < 1.29 is 14.6 Å². The van der Waals surface area contributed by atoms with Crippen LogP contribution in [0, 0.1) is 0 Å². The summed E-state index contributed by atoms with van der Waals surface area (Å²) in [5, 5.41) is 8.72. The molecule has 1 amide bonds. The van der Waals surface area contributed by atoms with Crippen LogP contribution in [0.5, 0.6) is 0 Å². The molecule has 0 unspecified atom stereocenters. The zero-order valence-electron chi connectivity index (χ0n) is 11.1. The number of carbonyl (C=O) groups excluding carboxylic acids is 1. The highest BCUT2D eigenvalue weighted by atomic mass is 79.9. The van der Waals surface area contributed by atoms with Gasteiger partial charge in [0, 0.05) is 24.0 Å². The standard InChI is InChI=1S/C14H18BrNO3S/c15-13-3-1-12(20-13)2-4-14(18)16-7-5-11(6-8-16)19-10-9-17/h1-4,11,17H,5-10H2/b4-2+. The smallest absolute Gasteiger partial charge is 0.246 e. The van der Waals surface area contributed by atoms with E-state index in [0.29, 0.717) is 19.7 Å². The molecule has 0 spiro atoms. The molecule has 2 heterocycles. The second kappa shape index (κ2) is 7.93. The second-order valence-electron chi connectivity index (χ2n) is 4.59. The topological polar surface area (TPSA) is 49.8 Å². The first-order valence-electron chi connectivity index (χ1n) is 6.64. The quantitative estimate of drug-likeness (QED) is 0.821. The monoisotopic (exact) mass is 359 g/mol. The molecule has 1 fully saturated rings. The predicted octanol–water partition coefficient (Wildman–Crippen LogP) is 2.52. The summed E-state index contributed by atoms with van der Waals surface area (Å²) in [4.78, 5) is 15.0. The molecule has 1 aromatic rings. The first kappa shape index (κ1) is 15.7. The van der Waals surface area contributed by atoms with E-state index in [1.807, 2.05) is 23.1 Å². The number of hydrogen-bond acceptors (Lipinski definition) is 4. The molecule has 1 aliphatic heterocycles. The van der Waals surface area contributed by atoms with Crippen LogP contribution in [0.3, 0.4) is 0 Å². The molecule has 0 radical (unpaired) electrons. The summed E-state index contributed by atoms with van der Waals surface area (Å²) in [6.07, 6.45) is 5.33. The number of aliphatic hydroxyl groups is 1. The van der Waals surface area contributed by atoms with Crippen molar-refractivity contribution in [3.63, 3.8) is 0 Å². The van der Waals surface area contributed by atoms with Gasteiger partial charge in [-0.2, -0.15) is 0 Å². The number of rotatable bonds is 5. The van der Waals surface area contributed by atoms with Crippen molar-refractivity contribution in [2.75, 3.05) is 26.3 Å². The van der Waals surface area contributed by atoms with E-state index in [-0.39, 0.29) is 18.6 Å². The maximum Gasteiger partial charge on any atom is 0.246 e. The number of piperidine rings is 1. The molecule has 1 saturated heterocycles. The third kappa shape index (κ3) is 4.70. The van der Waals surface area contributed by atoms with E-state index in [1.165, 1.54) is 0 Å². The van der Waals surface area contributed by atoms with Crippen molar-refractivity contribution in [3.05, 3.63) is 26.9 Å². The Bertz CT molecular complexity index is 467. The van der Waals surface area contributed by atoms with Gasteiger partial charge in [-0.05, 0) is 47.0 Å². The highest BCUT2D eigenvalue weighted by molar-refractivity contribution is 9.11. The van der Waals surface area contributed by atoms with Crippen molar-refractivity contribution >= 4 is 39.2 Å². The lowest BCUT2D eigenvalue weighted by atomic mass is 10.1. The minimum atomic E-state index is 0.0510. The number of halogens is 1. The number of amides is 1. The van der Waals surface area contributed by atoms with Crippen molar-refractivity contribution in [1.82, 2.24) is 4.90 Å². The van der Waals surface area contributed by atoms with Crippen molar-refractivity contribution in [2.24, 2.45) is 0 Å². The summed E-state index contributed by atoms with van der Waals surface area (Å²) in [6.45, 7) is 1.87. The summed E-state index contributed by atoms with van der Waals surface area (Å²) in [6, 6.07) is 3.95. The Hall–Kier alpha value is -0.690. The fourth-order valence-corrected chi connectivity index (χ4v) is 3.47. The Balaban J connectivity index is 1.78. The van der Waals surface area contributed by atoms with Gasteiger partial charge >= 0.3 is 0 Å². The summed E-state index contributed by atoms with van der Waals surface area (Å²) in [7, 11) is 0. The maximum atomic E-state index is 12.1. The Labute approximate surface area is 131 Å². The maximum absolute atomic E-state index is 12.1. The van der Waals surface area contributed by atoms with E-state index in [0.717, 1.165) is 21.5 Å². The van der Waals surface area contributed by atoms with Crippen molar-refractivity contribution in [1.29, 1.82) is 0 Å². The molecule has 6 heteroatoms. The van der Waals surface area contributed by atoms with Gasteiger partial charge < -0.3 is 14.7 Å². The van der Waals surface area contributed by atoms with E-state index >= 15 is 0 Å². The van der Waals surface area contributed by atoms with Crippen molar-refractivity contribution in [2.45, 2.75) is 18.9 Å². The normalized spacial score (nSPS) is 17.0. The Kier molecular flexibility index (Phi) is 6.22. The number of nitrogens with zero attached hydrogens (tertiary/aromatic N) is 1. The number of hydrogen-bond donors (Lipinski definition) is 1. The molecule has 1 aliphatic rings. The lowest BCUT2D eigenvalue weighted by molar-refractivity contribution is -0.128. The molecule has 0 bridgehead atoms. The largest absolute Gasteiger partial charge is 0.394 e. The van der Waals surface area contributed by atoms with Gasteiger partial charge in [-0.3, -0.25) is 4.79 Å². The number of aliphatic hydroxyl groups excluding tert-OH is 1. The van der Waals surface area contributed by atoms with Gasteiger partial charge in [-0.25, -0.2) is 0 Å². The zero-order valence-corrected chi connectivity index (χ0v) is 13.5. The first-order chi connectivity index (χ1) is 9.69. The van der Waals surface area contributed by atoms with Crippen LogP contribution in [0.1, 0.15) is 17.7 Å². The number of carbonyl (C=O) groups is 1. The van der Waals surface area contributed by atoms with Gasteiger partial charge in [0.2, 0.25) is 5.91 Å². The molecule has 4 nitrogen and oxygen atoms in total. The van der Waals surface area contributed by atoms with E-state index in [4.69, 9.17) is 9.84 Å². The van der Waals surface area contributed by atoms with E-state index in [2.05, 4.69) is 15.9 Å². The van der Waals surface area contributed by atoms with Gasteiger partial charge in [0.1, 0.15) is 0 Å². The van der Waals surface area contributed by atoms with Crippen LogP contribution in [-0.4, -0.2) is 48.3 Å². The number of likely N-dealkylation sites (tertiary alicyclic amines) is 1. The van der Waals surface area contributed by atoms with Crippen LogP contribution in [0.25, 0.3) is 6.08 Å². The van der Waals surface area contributed by atoms with Crippen LogP contribution >= 0.6 is 27.3 Å². The highest BCUT2D eigenvalue weighted by Crippen LogP contribution is 2.23. The summed E-state index contributed by atoms with van der Waals surface area (Å²) in [5.74, 6) is 0.0510. The van der Waals surface area contributed by atoms with E-state index < -0.39 is 0 Å². The lowest BCUT2D eigenvalue weighted by Crippen LogP contribution is -2.40. The fourth-order valence-electron chi connectivity index (χ4n) is 2.14. The van der Waals surface area contributed by atoms with Gasteiger partial charge in [0.15, 0.2) is 0 Å². The molecule has 110 valence electrons. The van der Waals surface area contributed by atoms with Gasteiger partial charge in [-0.1, -0.05) is 0 Å². The summed E-state index contributed by atoms with van der Waals surface area (Å²) in [5.41, 5.74) is 0. The van der Waals surface area contributed by atoms with Crippen LogP contribution in [0.2, 0.25) is 0 Å². The Morgan fingerprint density at radius 1 is 1.50 bits per heavy atom. The molecule has 1 aromatic heterocycles. The lowest BCUT2D eigenvalue weighted by Gasteiger charge is -2.31. The average molecular weight is 360 g/mol. The zero-order chi connectivity index (χ0) is 14.4. The molecule has 20 heavy (non-hydrogen) atoms. The van der Waals surface area contributed by atoms with Gasteiger partial charge in [0.05, 0.1) is 23.1 Å². The molecule has 2 rings (SSSR count). The van der Waals surface area contributed by atoms with Crippen LogP contribution in [0.15, 0.2) is 22.0 Å².